The van der Waals surface area contributed by atoms with Gasteiger partial charge in [-0.25, -0.2) is 4.57 Å². The van der Waals surface area contributed by atoms with Gasteiger partial charge in [-0.2, -0.15) is 0 Å². The van der Waals surface area contributed by atoms with E-state index in [-0.39, 0.29) is 13.0 Å². The SMILES string of the molecule is CCCCCC/C=C/CCCCCCCCOC(O)(C(CCC)OP(=O)(O)O)C(O)SCCCCCCCCCCCCCCCC. The maximum absolute atomic E-state index is 11.7. The summed E-state index contributed by atoms with van der Waals surface area (Å²) in [5.74, 6) is -1.56. The van der Waals surface area contributed by atoms with Gasteiger partial charge in [0.25, 0.3) is 0 Å². The van der Waals surface area contributed by atoms with Gasteiger partial charge in [0, 0.05) is 0 Å². The summed E-state index contributed by atoms with van der Waals surface area (Å²) in [6.07, 6.45) is 35.6. The fourth-order valence-electron chi connectivity index (χ4n) is 5.93. The van der Waals surface area contributed by atoms with E-state index in [9.17, 15) is 24.6 Å². The number of phosphoric acid groups is 1. The van der Waals surface area contributed by atoms with E-state index in [1.165, 1.54) is 127 Å². The summed E-state index contributed by atoms with van der Waals surface area (Å²) in [7, 11) is -4.89. The third kappa shape index (κ3) is 29.5. The van der Waals surface area contributed by atoms with Crippen molar-refractivity contribution in [2.45, 2.75) is 218 Å². The molecule has 0 amide bonds. The molecule has 0 saturated heterocycles. The summed E-state index contributed by atoms with van der Waals surface area (Å²) >= 11 is 1.18. The first-order valence-corrected chi connectivity index (χ1v) is 22.3. The highest BCUT2D eigenvalue weighted by molar-refractivity contribution is 7.99. The zero-order valence-corrected chi connectivity index (χ0v) is 32.6. The molecular formula is C38H77O7PS. The third-order valence-corrected chi connectivity index (χ3v) is 10.6. The van der Waals surface area contributed by atoms with Crippen molar-refractivity contribution < 1.29 is 33.8 Å². The highest BCUT2D eigenvalue weighted by atomic mass is 32.2. The van der Waals surface area contributed by atoms with Crippen molar-refractivity contribution in [1.82, 2.24) is 0 Å². The van der Waals surface area contributed by atoms with Crippen LogP contribution in [0.15, 0.2) is 12.2 Å². The standard InChI is InChI=1S/C38H77O7PS/c1-4-7-9-11-13-15-17-19-21-23-25-27-29-31-34-44-38(40,36(33-6-3)45-46(41,42)43)37(39)47-35-32-30-28-26-24-22-20-18-16-14-12-10-8-5-2/h15,17,36-37,39-40H,4-14,16,18-35H2,1-3H3,(H2,41,42,43)/b17-15+. The number of unbranched alkanes of at least 4 members (excludes halogenated alkanes) is 23. The van der Waals surface area contributed by atoms with E-state index in [1.54, 1.807) is 0 Å². The first-order valence-electron chi connectivity index (χ1n) is 19.8. The Morgan fingerprint density at radius 1 is 0.617 bits per heavy atom. The number of aliphatic hydroxyl groups is 2. The molecule has 0 aromatic carbocycles. The van der Waals surface area contributed by atoms with Crippen LogP contribution < -0.4 is 0 Å². The molecular weight excluding hydrogens is 631 g/mol. The summed E-state index contributed by atoms with van der Waals surface area (Å²) in [5.41, 5.74) is -1.37. The van der Waals surface area contributed by atoms with Crippen LogP contribution in [-0.4, -0.2) is 49.7 Å². The summed E-state index contributed by atoms with van der Waals surface area (Å²) in [6.45, 7) is 6.53. The van der Waals surface area contributed by atoms with Gasteiger partial charge >= 0.3 is 7.82 Å². The van der Waals surface area contributed by atoms with Gasteiger partial charge < -0.3 is 24.7 Å². The second kappa shape index (κ2) is 33.2. The van der Waals surface area contributed by atoms with Crippen LogP contribution in [0.4, 0.5) is 0 Å². The first kappa shape index (κ1) is 47.1. The fourth-order valence-corrected chi connectivity index (χ4v) is 7.57. The molecule has 0 radical (unpaired) electrons. The Morgan fingerprint density at radius 3 is 1.47 bits per heavy atom. The van der Waals surface area contributed by atoms with Gasteiger partial charge in [-0.15, -0.1) is 11.8 Å². The summed E-state index contributed by atoms with van der Waals surface area (Å²) < 4.78 is 22.5. The van der Waals surface area contributed by atoms with Crippen molar-refractivity contribution >= 4 is 19.6 Å². The number of allylic oxidation sites excluding steroid dienone is 2. The van der Waals surface area contributed by atoms with E-state index in [0.29, 0.717) is 18.6 Å². The van der Waals surface area contributed by atoms with Gasteiger partial charge in [0.2, 0.25) is 5.79 Å². The number of aliphatic hydroxyl groups excluding tert-OH is 1. The molecule has 0 aliphatic heterocycles. The summed E-state index contributed by atoms with van der Waals surface area (Å²) in [5, 5.41) is 22.5. The molecule has 3 unspecified atom stereocenters. The van der Waals surface area contributed by atoms with Crippen LogP contribution in [0.5, 0.6) is 0 Å². The molecule has 0 aliphatic rings. The predicted molar refractivity (Wildman–Crippen MR) is 202 cm³/mol. The minimum Gasteiger partial charge on any atom is -0.377 e. The molecule has 3 atom stereocenters. The maximum Gasteiger partial charge on any atom is 0.470 e. The predicted octanol–water partition coefficient (Wildman–Crippen LogP) is 11.8. The van der Waals surface area contributed by atoms with Crippen molar-refractivity contribution in [3.05, 3.63) is 12.2 Å². The maximum atomic E-state index is 11.7. The van der Waals surface area contributed by atoms with Crippen molar-refractivity contribution in [2.24, 2.45) is 0 Å². The number of thioether (sulfide) groups is 1. The van der Waals surface area contributed by atoms with E-state index in [0.717, 1.165) is 44.9 Å². The van der Waals surface area contributed by atoms with E-state index in [4.69, 9.17) is 9.26 Å². The lowest BCUT2D eigenvalue weighted by molar-refractivity contribution is -0.279. The van der Waals surface area contributed by atoms with Crippen LogP contribution in [0.25, 0.3) is 0 Å². The van der Waals surface area contributed by atoms with Crippen LogP contribution >= 0.6 is 19.6 Å². The second-order valence-corrected chi connectivity index (χ2v) is 15.9. The summed E-state index contributed by atoms with van der Waals surface area (Å²) in [6, 6.07) is 0. The molecule has 0 spiro atoms. The molecule has 0 saturated carbocycles. The first-order chi connectivity index (χ1) is 22.7. The van der Waals surface area contributed by atoms with Gasteiger partial charge in [-0.3, -0.25) is 4.52 Å². The molecule has 282 valence electrons. The van der Waals surface area contributed by atoms with Crippen molar-refractivity contribution in [2.75, 3.05) is 12.4 Å². The van der Waals surface area contributed by atoms with Gasteiger partial charge in [0.15, 0.2) is 5.44 Å². The lowest BCUT2D eigenvalue weighted by Gasteiger charge is -2.38. The molecule has 0 aromatic heterocycles. The zero-order chi connectivity index (χ0) is 34.9. The van der Waals surface area contributed by atoms with Crippen LogP contribution in [0.3, 0.4) is 0 Å². The lowest BCUT2D eigenvalue weighted by Crippen LogP contribution is -2.54. The minimum atomic E-state index is -4.89. The van der Waals surface area contributed by atoms with Crippen molar-refractivity contribution in [3.63, 3.8) is 0 Å². The second-order valence-electron chi connectivity index (χ2n) is 13.5. The largest absolute Gasteiger partial charge is 0.470 e. The molecule has 0 aromatic rings. The van der Waals surface area contributed by atoms with Gasteiger partial charge in [0.1, 0.15) is 6.10 Å². The molecule has 9 heteroatoms. The topological polar surface area (TPSA) is 116 Å². The van der Waals surface area contributed by atoms with E-state index < -0.39 is 25.1 Å². The average molecular weight is 709 g/mol. The Balaban J connectivity index is 4.36. The molecule has 0 bridgehead atoms. The number of rotatable bonds is 37. The monoisotopic (exact) mass is 709 g/mol. The molecule has 0 rings (SSSR count). The third-order valence-electron chi connectivity index (χ3n) is 8.89. The summed E-state index contributed by atoms with van der Waals surface area (Å²) in [4.78, 5) is 19.0. The Labute approximate surface area is 295 Å². The van der Waals surface area contributed by atoms with Crippen LogP contribution in [0.1, 0.15) is 201 Å². The van der Waals surface area contributed by atoms with E-state index >= 15 is 0 Å². The minimum absolute atomic E-state index is 0.158. The van der Waals surface area contributed by atoms with Crippen LogP contribution in [0.2, 0.25) is 0 Å². The van der Waals surface area contributed by atoms with Gasteiger partial charge in [-0.05, 0) is 50.7 Å². The average Bonchev–Trinajstić information content (AvgIpc) is 3.03. The number of hydrogen-bond acceptors (Lipinski definition) is 6. The quantitative estimate of drug-likeness (QED) is 0.0218. The van der Waals surface area contributed by atoms with E-state index in [1.807, 2.05) is 6.92 Å². The molecule has 0 fully saturated rings. The molecule has 4 N–H and O–H groups in total. The zero-order valence-electron chi connectivity index (χ0n) is 30.9. The van der Waals surface area contributed by atoms with Gasteiger partial charge in [0.05, 0.1) is 6.61 Å². The highest BCUT2D eigenvalue weighted by Crippen LogP contribution is 2.43. The Bertz CT molecular complexity index is 735. The lowest BCUT2D eigenvalue weighted by atomic mass is 10.0. The smallest absolute Gasteiger partial charge is 0.377 e. The Morgan fingerprint density at radius 2 is 1.02 bits per heavy atom. The number of ether oxygens (including phenoxy) is 1. The van der Waals surface area contributed by atoms with Crippen LogP contribution in [-0.2, 0) is 13.8 Å². The Kier molecular flexibility index (Phi) is 33.3. The Hall–Kier alpha value is 0.0800. The highest BCUT2D eigenvalue weighted by Gasteiger charge is 2.48. The number of hydrogen-bond donors (Lipinski definition) is 4. The van der Waals surface area contributed by atoms with Gasteiger partial charge in [-0.1, -0.05) is 168 Å². The van der Waals surface area contributed by atoms with Crippen LogP contribution in [0, 0.1) is 0 Å². The molecule has 7 nitrogen and oxygen atoms in total. The fraction of sp³-hybridized carbons (Fsp3) is 0.947. The van der Waals surface area contributed by atoms with E-state index in [2.05, 4.69) is 26.0 Å². The molecule has 0 heterocycles. The normalized spacial score (nSPS) is 15.0. The van der Waals surface area contributed by atoms with Crippen molar-refractivity contribution in [1.29, 1.82) is 0 Å². The molecule has 47 heavy (non-hydrogen) atoms. The molecule has 0 aliphatic carbocycles. The number of phosphoric ester groups is 1. The van der Waals surface area contributed by atoms with Crippen molar-refractivity contribution in [3.8, 4) is 0 Å².